The number of furan rings is 1. The lowest BCUT2D eigenvalue weighted by Crippen LogP contribution is -2.19. The van der Waals surface area contributed by atoms with Crippen molar-refractivity contribution in [3.05, 3.63) is 100 Å². The second kappa shape index (κ2) is 8.79. The highest BCUT2D eigenvalue weighted by atomic mass is 79.9. The minimum absolute atomic E-state index is 0.507. The van der Waals surface area contributed by atoms with Gasteiger partial charge in [-0.1, -0.05) is 30.3 Å². The molecule has 162 valence electrons. The predicted octanol–water partition coefficient (Wildman–Crippen LogP) is 6.48. The van der Waals surface area contributed by atoms with Gasteiger partial charge in [0.1, 0.15) is 11.3 Å². The summed E-state index contributed by atoms with van der Waals surface area (Å²) in [6, 6.07) is 24.1. The maximum atomic E-state index is 12.4. The van der Waals surface area contributed by atoms with Gasteiger partial charge in [0.15, 0.2) is 0 Å². The highest BCUT2D eigenvalue weighted by molar-refractivity contribution is 9.10. The van der Waals surface area contributed by atoms with Crippen LogP contribution in [0.2, 0.25) is 0 Å². The SMILES string of the molecule is N#Cc1ccc(Cc2oc3cc(N(c4cccc5cccnc45)S(=O)O)ccc3c2Br)cc1. The van der Waals surface area contributed by atoms with Crippen molar-refractivity contribution >= 4 is 60.4 Å². The van der Waals surface area contributed by atoms with Crippen molar-refractivity contribution in [2.75, 3.05) is 4.31 Å². The summed E-state index contributed by atoms with van der Waals surface area (Å²) in [6.07, 6.45) is 2.20. The number of rotatable bonds is 5. The molecule has 5 aromatic rings. The lowest BCUT2D eigenvalue weighted by Gasteiger charge is -2.21. The average Bonchev–Trinajstić information content (AvgIpc) is 3.14. The summed E-state index contributed by atoms with van der Waals surface area (Å²) in [7, 11) is 0. The second-order valence-corrected chi connectivity index (χ2v) is 9.00. The third-order valence-corrected chi connectivity index (χ3v) is 6.94. The van der Waals surface area contributed by atoms with Gasteiger partial charge in [-0.25, -0.2) is 8.51 Å². The third kappa shape index (κ3) is 4.02. The van der Waals surface area contributed by atoms with Gasteiger partial charge in [-0.15, -0.1) is 0 Å². The standard InChI is InChI=1S/C25H16BrN3O3S/c26-24-20-11-10-19(14-22(20)32-23(24)13-16-6-8-17(15-27)9-7-16)29(33(30)31)21-5-1-3-18-4-2-12-28-25(18)21/h1-12,14H,13H2,(H,30,31). The van der Waals surface area contributed by atoms with Crippen LogP contribution in [0.4, 0.5) is 11.4 Å². The third-order valence-electron chi connectivity index (χ3n) is 5.35. The molecule has 0 aliphatic rings. The quantitative estimate of drug-likeness (QED) is 0.269. The second-order valence-electron chi connectivity index (χ2n) is 7.38. The van der Waals surface area contributed by atoms with E-state index in [1.165, 1.54) is 4.31 Å². The number of para-hydroxylation sites is 1. The Labute approximate surface area is 200 Å². The van der Waals surface area contributed by atoms with Crippen molar-refractivity contribution < 1.29 is 13.2 Å². The number of fused-ring (bicyclic) bond motifs is 2. The van der Waals surface area contributed by atoms with Crippen molar-refractivity contribution in [1.82, 2.24) is 4.98 Å². The molecule has 0 radical (unpaired) electrons. The smallest absolute Gasteiger partial charge is 0.266 e. The van der Waals surface area contributed by atoms with E-state index in [1.54, 1.807) is 36.5 Å². The summed E-state index contributed by atoms with van der Waals surface area (Å²) in [5.41, 5.74) is 3.86. The molecule has 0 bridgehead atoms. The molecule has 0 aliphatic carbocycles. The van der Waals surface area contributed by atoms with Gasteiger partial charge >= 0.3 is 0 Å². The highest BCUT2D eigenvalue weighted by Gasteiger charge is 2.21. The Morgan fingerprint density at radius 2 is 1.88 bits per heavy atom. The lowest BCUT2D eigenvalue weighted by molar-refractivity contribution is 0.560. The van der Waals surface area contributed by atoms with Crippen LogP contribution in [0.25, 0.3) is 21.9 Å². The molecule has 0 aliphatic heterocycles. The lowest BCUT2D eigenvalue weighted by atomic mass is 10.1. The van der Waals surface area contributed by atoms with Crippen LogP contribution in [-0.2, 0) is 17.7 Å². The largest absolute Gasteiger partial charge is 0.459 e. The topological polar surface area (TPSA) is 90.4 Å². The molecular formula is C25H16BrN3O3S. The van der Waals surface area contributed by atoms with Crippen molar-refractivity contribution in [2.45, 2.75) is 6.42 Å². The van der Waals surface area contributed by atoms with E-state index in [4.69, 9.17) is 9.68 Å². The van der Waals surface area contributed by atoms with Gasteiger partial charge in [0.2, 0.25) is 0 Å². The molecule has 8 heteroatoms. The van der Waals surface area contributed by atoms with Crippen molar-refractivity contribution in [2.24, 2.45) is 0 Å². The fourth-order valence-corrected chi connectivity index (χ4v) is 4.95. The predicted molar refractivity (Wildman–Crippen MR) is 133 cm³/mol. The fourth-order valence-electron chi connectivity index (χ4n) is 3.79. The number of nitrogens with zero attached hydrogens (tertiary/aromatic N) is 3. The van der Waals surface area contributed by atoms with Crippen LogP contribution in [0.1, 0.15) is 16.9 Å². The van der Waals surface area contributed by atoms with Crippen molar-refractivity contribution in [1.29, 1.82) is 5.26 Å². The molecular weight excluding hydrogens is 502 g/mol. The number of benzene rings is 3. The van der Waals surface area contributed by atoms with Gasteiger partial charge in [0, 0.05) is 29.5 Å². The first-order chi connectivity index (χ1) is 16.0. The number of hydrogen-bond donors (Lipinski definition) is 1. The molecule has 6 nitrogen and oxygen atoms in total. The Bertz CT molecular complexity index is 1550. The molecule has 2 aromatic heterocycles. The summed E-state index contributed by atoms with van der Waals surface area (Å²) < 4.78 is 30.8. The number of aromatic nitrogens is 1. The fraction of sp³-hybridized carbons (Fsp3) is 0.0400. The zero-order valence-electron chi connectivity index (χ0n) is 17.1. The Morgan fingerprint density at radius 3 is 2.64 bits per heavy atom. The van der Waals surface area contributed by atoms with Gasteiger partial charge in [-0.3, -0.25) is 9.54 Å². The van der Waals surface area contributed by atoms with E-state index in [0.29, 0.717) is 34.5 Å². The van der Waals surface area contributed by atoms with E-state index in [2.05, 4.69) is 27.0 Å². The summed E-state index contributed by atoms with van der Waals surface area (Å²) in [5, 5.41) is 10.7. The van der Waals surface area contributed by atoms with Crippen LogP contribution in [0.3, 0.4) is 0 Å². The molecule has 0 amide bonds. The van der Waals surface area contributed by atoms with E-state index in [9.17, 15) is 8.76 Å². The van der Waals surface area contributed by atoms with Gasteiger partial charge in [0.05, 0.1) is 33.0 Å². The zero-order chi connectivity index (χ0) is 22.9. The first-order valence-electron chi connectivity index (χ1n) is 10.00. The van der Waals surface area contributed by atoms with Crippen LogP contribution in [-0.4, -0.2) is 13.7 Å². The number of nitriles is 1. The summed E-state index contributed by atoms with van der Waals surface area (Å²) in [5.74, 6) is 0.732. The molecule has 2 heterocycles. The summed E-state index contributed by atoms with van der Waals surface area (Å²) in [4.78, 5) is 4.41. The molecule has 0 spiro atoms. The number of pyridine rings is 1. The molecule has 5 rings (SSSR count). The molecule has 3 aromatic carbocycles. The van der Waals surface area contributed by atoms with E-state index in [0.717, 1.165) is 26.6 Å². The van der Waals surface area contributed by atoms with Crippen LogP contribution in [0, 0.1) is 11.3 Å². The molecule has 0 saturated heterocycles. The van der Waals surface area contributed by atoms with Gasteiger partial charge in [-0.2, -0.15) is 5.26 Å². The highest BCUT2D eigenvalue weighted by Crippen LogP contribution is 2.38. The van der Waals surface area contributed by atoms with E-state index < -0.39 is 11.3 Å². The maximum Gasteiger partial charge on any atom is 0.266 e. The normalized spacial score (nSPS) is 12.0. The molecule has 0 fully saturated rings. The summed E-state index contributed by atoms with van der Waals surface area (Å²) >= 11 is 1.30. The maximum absolute atomic E-state index is 12.4. The molecule has 33 heavy (non-hydrogen) atoms. The minimum atomic E-state index is -2.32. The van der Waals surface area contributed by atoms with E-state index in [1.807, 2.05) is 42.5 Å². The van der Waals surface area contributed by atoms with Crippen LogP contribution >= 0.6 is 15.9 Å². The molecule has 1 unspecified atom stereocenters. The van der Waals surface area contributed by atoms with Crippen LogP contribution in [0.15, 0.2) is 87.9 Å². The number of anilines is 2. The Morgan fingerprint density at radius 1 is 1.09 bits per heavy atom. The first kappa shape index (κ1) is 21.3. The Hall–Kier alpha value is -3.51. The Balaban J connectivity index is 1.56. The average molecular weight is 518 g/mol. The molecule has 0 saturated carbocycles. The minimum Gasteiger partial charge on any atom is -0.459 e. The zero-order valence-corrected chi connectivity index (χ0v) is 19.5. The first-order valence-corrected chi connectivity index (χ1v) is 11.9. The van der Waals surface area contributed by atoms with E-state index in [-0.39, 0.29) is 0 Å². The van der Waals surface area contributed by atoms with Gasteiger partial charge < -0.3 is 4.42 Å². The number of halogens is 1. The molecule has 1 atom stereocenters. The van der Waals surface area contributed by atoms with Gasteiger partial charge in [-0.05, 0) is 57.9 Å². The monoisotopic (exact) mass is 517 g/mol. The van der Waals surface area contributed by atoms with Crippen molar-refractivity contribution in [3.63, 3.8) is 0 Å². The van der Waals surface area contributed by atoms with Gasteiger partial charge in [0.25, 0.3) is 11.3 Å². The molecule has 1 N–H and O–H groups in total. The van der Waals surface area contributed by atoms with Crippen LogP contribution < -0.4 is 4.31 Å². The van der Waals surface area contributed by atoms with Crippen molar-refractivity contribution in [3.8, 4) is 6.07 Å². The number of hydrogen-bond acceptors (Lipinski definition) is 4. The van der Waals surface area contributed by atoms with Crippen LogP contribution in [0.5, 0.6) is 0 Å². The summed E-state index contributed by atoms with van der Waals surface area (Å²) in [6.45, 7) is 0. The Kier molecular flexibility index (Phi) is 5.68. The van der Waals surface area contributed by atoms with E-state index >= 15 is 0 Å².